The van der Waals surface area contributed by atoms with Gasteiger partial charge in [-0.05, 0) is 70.5 Å². The third kappa shape index (κ3) is 3.70. The fourth-order valence-corrected chi connectivity index (χ4v) is 3.66. The van der Waals surface area contributed by atoms with Crippen LogP contribution in [0.2, 0.25) is 0 Å². The number of aromatic hydroxyl groups is 1. The highest BCUT2D eigenvalue weighted by atomic mass is 16.5. The van der Waals surface area contributed by atoms with Crippen LogP contribution in [0, 0.1) is 13.8 Å². The minimum Gasteiger partial charge on any atom is -0.508 e. The minimum atomic E-state index is 0.282. The highest BCUT2D eigenvalue weighted by Gasteiger charge is 2.14. The Morgan fingerprint density at radius 3 is 1.70 bits per heavy atom. The van der Waals surface area contributed by atoms with Crippen LogP contribution >= 0.6 is 0 Å². The van der Waals surface area contributed by atoms with Crippen LogP contribution in [0.25, 0.3) is 33.4 Å². The molecule has 3 heteroatoms. The van der Waals surface area contributed by atoms with E-state index in [1.54, 1.807) is 6.07 Å². The Balaban J connectivity index is 1.89. The highest BCUT2D eigenvalue weighted by Crippen LogP contribution is 2.40. The zero-order valence-electron chi connectivity index (χ0n) is 16.9. The van der Waals surface area contributed by atoms with Crippen LogP contribution in [-0.4, -0.2) is 11.6 Å². The van der Waals surface area contributed by atoms with Crippen molar-refractivity contribution in [3.8, 4) is 44.9 Å². The fourth-order valence-electron chi connectivity index (χ4n) is 3.66. The molecule has 0 saturated carbocycles. The number of hydrogen-bond acceptors (Lipinski definition) is 3. The van der Waals surface area contributed by atoms with E-state index in [1.807, 2.05) is 68.4 Å². The van der Waals surface area contributed by atoms with Gasteiger partial charge in [-0.15, -0.1) is 0 Å². The van der Waals surface area contributed by atoms with Crippen molar-refractivity contribution >= 4 is 6.47 Å². The lowest BCUT2D eigenvalue weighted by Crippen LogP contribution is -1.93. The second-order valence-electron chi connectivity index (χ2n) is 7.29. The first-order chi connectivity index (χ1) is 14.6. The van der Waals surface area contributed by atoms with E-state index in [-0.39, 0.29) is 5.75 Å². The first kappa shape index (κ1) is 19.5. The summed E-state index contributed by atoms with van der Waals surface area (Å²) in [6, 6.07) is 28.0. The maximum absolute atomic E-state index is 10.9. The van der Waals surface area contributed by atoms with E-state index >= 15 is 0 Å². The van der Waals surface area contributed by atoms with Gasteiger partial charge in [0, 0.05) is 0 Å². The van der Waals surface area contributed by atoms with Gasteiger partial charge in [0.1, 0.15) is 11.5 Å². The largest absolute Gasteiger partial charge is 0.508 e. The second-order valence-corrected chi connectivity index (χ2v) is 7.29. The van der Waals surface area contributed by atoms with Gasteiger partial charge < -0.3 is 9.84 Å². The summed E-state index contributed by atoms with van der Waals surface area (Å²) in [7, 11) is 0. The Labute approximate surface area is 176 Å². The molecule has 0 aliphatic heterocycles. The third-order valence-electron chi connectivity index (χ3n) is 5.34. The van der Waals surface area contributed by atoms with E-state index in [9.17, 15) is 9.90 Å². The Hall–Kier alpha value is -3.85. The van der Waals surface area contributed by atoms with Crippen molar-refractivity contribution in [2.75, 3.05) is 0 Å². The molecule has 1 N–H and O–H groups in total. The first-order valence-electron chi connectivity index (χ1n) is 9.78. The average Bonchev–Trinajstić information content (AvgIpc) is 2.77. The van der Waals surface area contributed by atoms with Crippen molar-refractivity contribution in [2.24, 2.45) is 0 Å². The van der Waals surface area contributed by atoms with Gasteiger partial charge in [0.05, 0.1) is 0 Å². The van der Waals surface area contributed by atoms with Crippen molar-refractivity contribution in [1.29, 1.82) is 0 Å². The van der Waals surface area contributed by atoms with Crippen molar-refractivity contribution in [2.45, 2.75) is 13.8 Å². The van der Waals surface area contributed by atoms with E-state index in [4.69, 9.17) is 4.74 Å². The molecular formula is C27H22O3. The predicted molar refractivity (Wildman–Crippen MR) is 121 cm³/mol. The van der Waals surface area contributed by atoms with Crippen LogP contribution in [0.4, 0.5) is 0 Å². The molecule has 0 amide bonds. The van der Waals surface area contributed by atoms with Crippen molar-refractivity contribution in [1.82, 2.24) is 0 Å². The molecule has 0 unspecified atom stereocenters. The number of phenolic OH excluding ortho intramolecular Hbond substituents is 1. The molecule has 30 heavy (non-hydrogen) atoms. The van der Waals surface area contributed by atoms with Crippen molar-refractivity contribution in [3.05, 3.63) is 96.1 Å². The van der Waals surface area contributed by atoms with E-state index in [2.05, 4.69) is 24.3 Å². The number of aryl methyl sites for hydroxylation is 2. The zero-order valence-corrected chi connectivity index (χ0v) is 16.9. The van der Waals surface area contributed by atoms with E-state index in [0.717, 1.165) is 44.5 Å². The van der Waals surface area contributed by atoms with Gasteiger partial charge in [-0.1, -0.05) is 72.8 Å². The van der Waals surface area contributed by atoms with Crippen LogP contribution in [0.15, 0.2) is 84.9 Å². The van der Waals surface area contributed by atoms with Gasteiger partial charge >= 0.3 is 0 Å². The number of carbonyl (C=O) groups excluding carboxylic acids is 1. The van der Waals surface area contributed by atoms with E-state index in [0.29, 0.717) is 12.2 Å². The van der Waals surface area contributed by atoms with Crippen molar-refractivity contribution in [3.63, 3.8) is 0 Å². The molecule has 0 bridgehead atoms. The quantitative estimate of drug-likeness (QED) is 0.391. The minimum absolute atomic E-state index is 0.282. The SMILES string of the molecule is Cc1ccc(-c2ccccc2-c2ccccc2-c2ccc(C)c(OC=O)c2)cc1O. The van der Waals surface area contributed by atoms with Crippen LogP contribution in [-0.2, 0) is 4.79 Å². The smallest absolute Gasteiger partial charge is 0.298 e. The molecule has 3 nitrogen and oxygen atoms in total. The Morgan fingerprint density at radius 1 is 0.667 bits per heavy atom. The third-order valence-corrected chi connectivity index (χ3v) is 5.34. The predicted octanol–water partition coefficient (Wildman–Crippen LogP) is 6.55. The lowest BCUT2D eigenvalue weighted by atomic mass is 9.89. The standard InChI is InChI=1S/C27H22O3/c1-18-11-13-20(15-26(18)29)22-7-3-5-9-24(22)25-10-6-4-8-23(25)21-14-12-19(2)27(16-21)30-17-28/h3-17,29H,1-2H3. The topological polar surface area (TPSA) is 46.5 Å². The molecule has 0 fully saturated rings. The highest BCUT2D eigenvalue weighted by molar-refractivity contribution is 5.92. The molecule has 0 saturated heterocycles. The van der Waals surface area contributed by atoms with Crippen LogP contribution in [0.1, 0.15) is 11.1 Å². The average molecular weight is 394 g/mol. The fraction of sp³-hybridized carbons (Fsp3) is 0.0741. The van der Waals surface area contributed by atoms with Gasteiger partial charge in [-0.2, -0.15) is 0 Å². The maximum atomic E-state index is 10.9. The van der Waals surface area contributed by atoms with Crippen LogP contribution in [0.5, 0.6) is 11.5 Å². The number of hydrogen-bond donors (Lipinski definition) is 1. The summed E-state index contributed by atoms with van der Waals surface area (Å²) in [5, 5.41) is 10.2. The summed E-state index contributed by atoms with van der Waals surface area (Å²) >= 11 is 0. The van der Waals surface area contributed by atoms with Gasteiger partial charge in [-0.25, -0.2) is 0 Å². The molecule has 0 aliphatic carbocycles. The summed E-state index contributed by atoms with van der Waals surface area (Å²) in [4.78, 5) is 10.9. The summed E-state index contributed by atoms with van der Waals surface area (Å²) in [5.74, 6) is 0.832. The molecule has 0 atom stereocenters. The number of rotatable bonds is 5. The molecule has 0 heterocycles. The number of ether oxygens (including phenoxy) is 1. The van der Waals surface area contributed by atoms with E-state index in [1.165, 1.54) is 0 Å². The molecular weight excluding hydrogens is 372 g/mol. The number of carbonyl (C=O) groups is 1. The maximum Gasteiger partial charge on any atom is 0.298 e. The summed E-state index contributed by atoms with van der Waals surface area (Å²) in [6.45, 7) is 4.25. The number of benzene rings is 4. The molecule has 4 aromatic rings. The Bertz CT molecular complexity index is 1220. The molecule has 148 valence electrons. The molecule has 4 rings (SSSR count). The monoisotopic (exact) mass is 394 g/mol. The van der Waals surface area contributed by atoms with Gasteiger partial charge in [0.2, 0.25) is 0 Å². The zero-order chi connectivity index (χ0) is 21.1. The lowest BCUT2D eigenvalue weighted by molar-refractivity contribution is -0.120. The second kappa shape index (κ2) is 8.26. The lowest BCUT2D eigenvalue weighted by Gasteiger charge is -2.16. The summed E-state index contributed by atoms with van der Waals surface area (Å²) in [6.07, 6.45) is 0. The van der Waals surface area contributed by atoms with Gasteiger partial charge in [0.15, 0.2) is 0 Å². The van der Waals surface area contributed by atoms with E-state index < -0.39 is 0 Å². The molecule has 0 aliphatic rings. The molecule has 0 radical (unpaired) electrons. The molecule has 0 spiro atoms. The van der Waals surface area contributed by atoms with Crippen LogP contribution in [0.3, 0.4) is 0 Å². The molecule has 0 aromatic heterocycles. The Morgan fingerprint density at radius 2 is 1.17 bits per heavy atom. The first-order valence-corrected chi connectivity index (χ1v) is 9.78. The molecule has 4 aromatic carbocycles. The van der Waals surface area contributed by atoms with Crippen molar-refractivity contribution < 1.29 is 14.6 Å². The summed E-state index contributed by atoms with van der Waals surface area (Å²) in [5.41, 5.74) is 7.88. The van der Waals surface area contributed by atoms with Gasteiger partial charge in [0.25, 0.3) is 6.47 Å². The Kier molecular flexibility index (Phi) is 5.36. The number of phenols is 1. The summed E-state index contributed by atoms with van der Waals surface area (Å²) < 4.78 is 5.15. The van der Waals surface area contributed by atoms with Gasteiger partial charge in [-0.3, -0.25) is 4.79 Å². The van der Waals surface area contributed by atoms with Crippen LogP contribution < -0.4 is 4.74 Å². The normalized spacial score (nSPS) is 10.6.